The van der Waals surface area contributed by atoms with Gasteiger partial charge in [-0.1, -0.05) is 61.0 Å². The maximum absolute atomic E-state index is 12.6. The summed E-state index contributed by atoms with van der Waals surface area (Å²) in [5.74, 6) is -1.49. The first kappa shape index (κ1) is 23.5. The molecule has 0 aromatic heterocycles. The monoisotopic (exact) mass is 462 g/mol. The highest BCUT2D eigenvalue weighted by atomic mass is 16.5. The minimum Gasteiger partial charge on any atom is -0.480 e. The summed E-state index contributed by atoms with van der Waals surface area (Å²) < 4.78 is 5.64. The summed E-state index contributed by atoms with van der Waals surface area (Å²) in [6.45, 7) is 3.77. The predicted molar refractivity (Wildman–Crippen MR) is 128 cm³/mol. The number of hydrogen-bond acceptors (Lipinski definition) is 4. The zero-order valence-corrected chi connectivity index (χ0v) is 19.0. The van der Waals surface area contributed by atoms with Gasteiger partial charge in [0.15, 0.2) is 0 Å². The smallest absolute Gasteiger partial charge is 0.407 e. The second kappa shape index (κ2) is 10.5. The minimum atomic E-state index is -1.09. The number of carbonyl (C=O) groups excluding carboxylic acids is 2. The van der Waals surface area contributed by atoms with Gasteiger partial charge in [0, 0.05) is 18.4 Å². The van der Waals surface area contributed by atoms with E-state index >= 15 is 0 Å². The first-order valence-corrected chi connectivity index (χ1v) is 11.7. The fraction of sp³-hybridized carbons (Fsp3) is 0.370. The lowest BCUT2D eigenvalue weighted by atomic mass is 9.98. The van der Waals surface area contributed by atoms with Crippen molar-refractivity contribution in [3.8, 4) is 11.1 Å². The van der Waals surface area contributed by atoms with Gasteiger partial charge in [0.2, 0.25) is 5.91 Å². The fourth-order valence-corrected chi connectivity index (χ4v) is 5.14. The molecule has 1 fully saturated rings. The zero-order chi connectivity index (χ0) is 24.1. The molecule has 0 radical (unpaired) electrons. The molecule has 2 aliphatic carbocycles. The molecule has 1 saturated carbocycles. The molecular formula is C27H30N2O5. The standard InChI is InChI=1S/C27H30N2O5/c1-2-8-24(26(31)32)28-25(30)15-17-9-7-14-23(17)29-27(33)34-16-22-20-12-5-3-10-18(20)19-11-4-6-13-21(19)22/h2-6,10-13,17,22-24H,1,7-9,14-16H2,(H,28,30)(H,29,33)(H,31,32). The Morgan fingerprint density at radius 1 is 1.06 bits per heavy atom. The first-order chi connectivity index (χ1) is 16.5. The van der Waals surface area contributed by atoms with E-state index in [0.29, 0.717) is 0 Å². The summed E-state index contributed by atoms with van der Waals surface area (Å²) in [5.41, 5.74) is 4.65. The molecule has 0 aliphatic heterocycles. The molecule has 3 atom stereocenters. The Kier molecular flexibility index (Phi) is 7.30. The molecule has 2 amide bonds. The van der Waals surface area contributed by atoms with E-state index in [1.165, 1.54) is 17.2 Å². The highest BCUT2D eigenvalue weighted by molar-refractivity contribution is 5.84. The van der Waals surface area contributed by atoms with Gasteiger partial charge < -0.3 is 20.5 Å². The molecule has 2 aromatic carbocycles. The van der Waals surface area contributed by atoms with Gasteiger partial charge in [0.05, 0.1) is 0 Å². The van der Waals surface area contributed by atoms with E-state index in [0.717, 1.165) is 30.4 Å². The van der Waals surface area contributed by atoms with Gasteiger partial charge in [-0.15, -0.1) is 6.58 Å². The third-order valence-electron chi connectivity index (χ3n) is 6.79. The van der Waals surface area contributed by atoms with Gasteiger partial charge in [-0.2, -0.15) is 0 Å². The number of hydrogen-bond donors (Lipinski definition) is 3. The highest BCUT2D eigenvalue weighted by Crippen LogP contribution is 2.44. The molecule has 0 saturated heterocycles. The predicted octanol–water partition coefficient (Wildman–Crippen LogP) is 4.23. The Bertz CT molecular complexity index is 1040. The van der Waals surface area contributed by atoms with Gasteiger partial charge in [-0.05, 0) is 47.4 Å². The maximum Gasteiger partial charge on any atom is 0.407 e. The topological polar surface area (TPSA) is 105 Å². The zero-order valence-electron chi connectivity index (χ0n) is 19.0. The van der Waals surface area contributed by atoms with E-state index in [9.17, 15) is 19.5 Å². The van der Waals surface area contributed by atoms with Crippen LogP contribution < -0.4 is 10.6 Å². The van der Waals surface area contributed by atoms with Crippen LogP contribution in [0.5, 0.6) is 0 Å². The summed E-state index contributed by atoms with van der Waals surface area (Å²) in [6, 6.07) is 15.2. The number of nitrogens with one attached hydrogen (secondary N) is 2. The number of rotatable bonds is 9. The van der Waals surface area contributed by atoms with Crippen LogP contribution in [0.2, 0.25) is 0 Å². The number of benzene rings is 2. The number of carbonyl (C=O) groups is 3. The van der Waals surface area contributed by atoms with Crippen LogP contribution >= 0.6 is 0 Å². The Morgan fingerprint density at radius 3 is 2.32 bits per heavy atom. The van der Waals surface area contributed by atoms with Crippen LogP contribution in [-0.2, 0) is 14.3 Å². The molecule has 2 aromatic rings. The third-order valence-corrected chi connectivity index (χ3v) is 6.79. The van der Waals surface area contributed by atoms with Crippen molar-refractivity contribution in [3.63, 3.8) is 0 Å². The van der Waals surface area contributed by atoms with Crippen LogP contribution in [0.25, 0.3) is 11.1 Å². The number of amides is 2. The average molecular weight is 463 g/mol. The van der Waals surface area contributed by atoms with E-state index < -0.39 is 18.1 Å². The molecule has 2 aliphatic rings. The van der Waals surface area contributed by atoms with Gasteiger partial charge in [-0.3, -0.25) is 4.79 Å². The number of ether oxygens (including phenoxy) is 1. The molecule has 3 N–H and O–H groups in total. The number of carboxylic acid groups (broad SMARTS) is 1. The molecule has 0 bridgehead atoms. The quantitative estimate of drug-likeness (QED) is 0.484. The molecule has 3 unspecified atom stereocenters. The lowest BCUT2D eigenvalue weighted by Crippen LogP contribution is -2.43. The van der Waals surface area contributed by atoms with Crippen molar-refractivity contribution >= 4 is 18.0 Å². The summed E-state index contributed by atoms with van der Waals surface area (Å²) in [5, 5.41) is 14.7. The Hall–Kier alpha value is -3.61. The Balaban J connectivity index is 1.32. The van der Waals surface area contributed by atoms with E-state index in [1.54, 1.807) is 0 Å². The van der Waals surface area contributed by atoms with Crippen molar-refractivity contribution < 1.29 is 24.2 Å². The van der Waals surface area contributed by atoms with Crippen molar-refractivity contribution in [1.29, 1.82) is 0 Å². The number of carboxylic acids is 1. The number of fused-ring (bicyclic) bond motifs is 3. The molecule has 34 heavy (non-hydrogen) atoms. The lowest BCUT2D eigenvalue weighted by Gasteiger charge is -2.22. The van der Waals surface area contributed by atoms with E-state index in [4.69, 9.17) is 4.74 Å². The van der Waals surface area contributed by atoms with Crippen molar-refractivity contribution in [2.24, 2.45) is 5.92 Å². The second-order valence-corrected chi connectivity index (χ2v) is 8.95. The molecule has 178 valence electrons. The summed E-state index contributed by atoms with van der Waals surface area (Å²) in [4.78, 5) is 36.3. The van der Waals surface area contributed by atoms with Crippen LogP contribution in [0, 0.1) is 5.92 Å². The van der Waals surface area contributed by atoms with Gasteiger partial charge in [0.25, 0.3) is 0 Å². The third kappa shape index (κ3) is 5.14. The van der Waals surface area contributed by atoms with E-state index in [-0.39, 0.29) is 43.2 Å². The van der Waals surface area contributed by atoms with E-state index in [2.05, 4.69) is 41.5 Å². The molecular weight excluding hydrogens is 432 g/mol. The lowest BCUT2D eigenvalue weighted by molar-refractivity contribution is -0.141. The molecule has 7 heteroatoms. The Morgan fingerprint density at radius 2 is 1.71 bits per heavy atom. The van der Waals surface area contributed by atoms with Crippen molar-refractivity contribution in [3.05, 3.63) is 72.3 Å². The minimum absolute atomic E-state index is 0.0129. The summed E-state index contributed by atoms with van der Waals surface area (Å²) in [6.07, 6.45) is 3.74. The van der Waals surface area contributed by atoms with E-state index in [1.807, 2.05) is 24.3 Å². The molecule has 4 rings (SSSR count). The summed E-state index contributed by atoms with van der Waals surface area (Å²) >= 11 is 0. The van der Waals surface area contributed by atoms with Gasteiger partial charge >= 0.3 is 12.1 Å². The maximum atomic E-state index is 12.6. The van der Waals surface area contributed by atoms with Crippen LogP contribution in [-0.4, -0.2) is 41.8 Å². The molecule has 7 nitrogen and oxygen atoms in total. The van der Waals surface area contributed by atoms with Crippen LogP contribution in [0.15, 0.2) is 61.2 Å². The van der Waals surface area contributed by atoms with Crippen molar-refractivity contribution in [2.45, 2.75) is 50.1 Å². The SMILES string of the molecule is C=CCC(NC(=O)CC1CCCC1NC(=O)OCC1c2ccccc2-c2ccccc21)C(=O)O. The van der Waals surface area contributed by atoms with Gasteiger partial charge in [0.1, 0.15) is 12.6 Å². The second-order valence-electron chi connectivity index (χ2n) is 8.95. The molecule has 0 heterocycles. The van der Waals surface area contributed by atoms with Crippen molar-refractivity contribution in [1.82, 2.24) is 10.6 Å². The number of aliphatic carboxylic acids is 1. The van der Waals surface area contributed by atoms with Crippen molar-refractivity contribution in [2.75, 3.05) is 6.61 Å². The average Bonchev–Trinajstić information content (AvgIpc) is 3.39. The first-order valence-electron chi connectivity index (χ1n) is 11.7. The number of alkyl carbamates (subject to hydrolysis) is 1. The fourth-order valence-electron chi connectivity index (χ4n) is 5.14. The molecule has 0 spiro atoms. The van der Waals surface area contributed by atoms with Crippen LogP contribution in [0.3, 0.4) is 0 Å². The van der Waals surface area contributed by atoms with Crippen LogP contribution in [0.1, 0.15) is 49.1 Å². The normalized spacial score (nSPS) is 19.5. The summed E-state index contributed by atoms with van der Waals surface area (Å²) in [7, 11) is 0. The van der Waals surface area contributed by atoms with Gasteiger partial charge in [-0.25, -0.2) is 9.59 Å². The van der Waals surface area contributed by atoms with Crippen LogP contribution in [0.4, 0.5) is 4.79 Å². The highest BCUT2D eigenvalue weighted by Gasteiger charge is 2.33. The Labute approximate surface area is 199 Å². The largest absolute Gasteiger partial charge is 0.480 e.